The molecule has 4 aromatic rings. The van der Waals surface area contributed by atoms with Crippen molar-refractivity contribution in [1.82, 2.24) is 10.3 Å². The van der Waals surface area contributed by atoms with E-state index < -0.39 is 39.1 Å². The highest BCUT2D eigenvalue weighted by Crippen LogP contribution is 2.28. The molecule has 0 atom stereocenters. The van der Waals surface area contributed by atoms with Crippen molar-refractivity contribution in [2.45, 2.75) is 22.5 Å². The second-order valence-corrected chi connectivity index (χ2v) is 10.4. The van der Waals surface area contributed by atoms with Crippen LogP contribution >= 0.6 is 11.3 Å². The molecule has 0 spiro atoms. The molecule has 0 aliphatic carbocycles. The molecule has 1 amide bonds. The van der Waals surface area contributed by atoms with E-state index in [2.05, 4.69) is 15.0 Å². The van der Waals surface area contributed by atoms with Crippen LogP contribution in [0.1, 0.15) is 15.2 Å². The van der Waals surface area contributed by atoms with Crippen molar-refractivity contribution in [1.29, 1.82) is 0 Å². The number of pyridine rings is 1. The summed E-state index contributed by atoms with van der Waals surface area (Å²) >= 11 is 1.29. The summed E-state index contributed by atoms with van der Waals surface area (Å²) in [6.07, 6.45) is -1.36. The first-order valence-electron chi connectivity index (χ1n) is 9.97. The van der Waals surface area contributed by atoms with E-state index >= 15 is 0 Å². The zero-order valence-electron chi connectivity index (χ0n) is 17.7. The van der Waals surface area contributed by atoms with Crippen LogP contribution in [-0.2, 0) is 16.4 Å². The molecular weight excluding hydrogens is 508 g/mol. The zero-order valence-corrected chi connectivity index (χ0v) is 19.3. The molecule has 182 valence electrons. The average Bonchev–Trinajstić information content (AvgIpc) is 3.25. The minimum atomic E-state index is -4.66. The molecule has 0 aliphatic rings. The maximum absolute atomic E-state index is 13.9. The number of rotatable bonds is 7. The molecule has 6 nitrogen and oxygen atoms in total. The number of sulfone groups is 1. The van der Waals surface area contributed by atoms with Crippen molar-refractivity contribution in [3.63, 3.8) is 0 Å². The molecule has 1 N–H and O–H groups in total. The summed E-state index contributed by atoms with van der Waals surface area (Å²) in [6.45, 7) is -1.56. The number of hydrogen-bond donors (Lipinski definition) is 1. The first kappa shape index (κ1) is 24.6. The van der Waals surface area contributed by atoms with E-state index in [9.17, 15) is 30.8 Å². The van der Waals surface area contributed by atoms with Crippen LogP contribution in [-0.4, -0.2) is 32.1 Å². The smallest absolute Gasteiger partial charge is 0.422 e. The second-order valence-electron chi connectivity index (χ2n) is 7.38. The van der Waals surface area contributed by atoms with E-state index in [0.29, 0.717) is 22.6 Å². The molecular formula is C23H16F4N2O4S2. The third kappa shape index (κ3) is 5.95. The number of thiophene rings is 1. The molecule has 0 bridgehead atoms. The standard InChI is InChI=1S/C23H16F4N2O4S2/c24-16-8-17(33-13-23(25,26)27)10-19(9-16)35(31,32)18-3-1-14(2-4-18)11-29-22(30)20-7-15-5-6-28-12-21(15)34-20/h1-10,12H,11,13H2,(H,29,30). The Bertz CT molecular complexity index is 1450. The SMILES string of the molecule is O=C(NCc1ccc(S(=O)(=O)c2cc(F)cc(OCC(F)(F)F)c2)cc1)c1cc2ccncc2s1. The predicted molar refractivity (Wildman–Crippen MR) is 121 cm³/mol. The third-order valence-corrected chi connectivity index (χ3v) is 7.62. The number of benzene rings is 2. The number of carbonyl (C=O) groups is 1. The molecule has 2 aromatic carbocycles. The fourth-order valence-corrected chi connectivity index (χ4v) is 5.38. The quantitative estimate of drug-likeness (QED) is 0.339. The molecule has 0 saturated heterocycles. The zero-order chi connectivity index (χ0) is 25.2. The van der Waals surface area contributed by atoms with Crippen LogP contribution in [0, 0.1) is 5.82 Å². The number of amides is 1. The van der Waals surface area contributed by atoms with Crippen LogP contribution < -0.4 is 10.1 Å². The summed E-state index contributed by atoms with van der Waals surface area (Å²) in [4.78, 5) is 16.2. The lowest BCUT2D eigenvalue weighted by atomic mass is 10.2. The van der Waals surface area contributed by atoms with Crippen LogP contribution in [0.5, 0.6) is 5.75 Å². The largest absolute Gasteiger partial charge is 0.484 e. The van der Waals surface area contributed by atoms with Gasteiger partial charge < -0.3 is 10.1 Å². The van der Waals surface area contributed by atoms with Crippen LogP contribution in [0.2, 0.25) is 0 Å². The Morgan fingerprint density at radius 1 is 1.03 bits per heavy atom. The van der Waals surface area contributed by atoms with E-state index in [1.807, 2.05) is 0 Å². The van der Waals surface area contributed by atoms with E-state index in [1.165, 1.54) is 35.6 Å². The first-order chi connectivity index (χ1) is 16.5. The summed E-state index contributed by atoms with van der Waals surface area (Å²) in [6, 6.07) is 11.2. The molecule has 2 heterocycles. The molecule has 35 heavy (non-hydrogen) atoms. The van der Waals surface area contributed by atoms with Crippen molar-refractivity contribution in [3.8, 4) is 5.75 Å². The van der Waals surface area contributed by atoms with E-state index in [1.54, 1.807) is 24.5 Å². The monoisotopic (exact) mass is 524 g/mol. The Kier molecular flexibility index (Phi) is 6.77. The van der Waals surface area contributed by atoms with Gasteiger partial charge in [-0.25, -0.2) is 12.8 Å². The number of nitrogens with one attached hydrogen (secondary N) is 1. The first-order valence-corrected chi connectivity index (χ1v) is 12.3. The van der Waals surface area contributed by atoms with Crippen LogP contribution in [0.15, 0.2) is 76.8 Å². The highest BCUT2D eigenvalue weighted by Gasteiger charge is 2.29. The highest BCUT2D eigenvalue weighted by molar-refractivity contribution is 7.91. The maximum Gasteiger partial charge on any atom is 0.422 e. The number of aromatic nitrogens is 1. The van der Waals surface area contributed by atoms with E-state index in [0.717, 1.165) is 16.2 Å². The van der Waals surface area contributed by atoms with Gasteiger partial charge in [0, 0.05) is 25.0 Å². The van der Waals surface area contributed by atoms with Crippen molar-refractivity contribution in [2.24, 2.45) is 0 Å². The lowest BCUT2D eigenvalue weighted by molar-refractivity contribution is -0.153. The normalized spacial score (nSPS) is 12.0. The number of alkyl halides is 3. The lowest BCUT2D eigenvalue weighted by Gasteiger charge is -2.11. The molecule has 12 heteroatoms. The van der Waals surface area contributed by atoms with Crippen molar-refractivity contribution >= 4 is 37.2 Å². The Labute approximate surface area is 201 Å². The van der Waals surface area contributed by atoms with E-state index in [-0.39, 0.29) is 17.3 Å². The highest BCUT2D eigenvalue weighted by atomic mass is 32.2. The molecule has 2 aromatic heterocycles. The number of hydrogen-bond acceptors (Lipinski definition) is 6. The Hall–Kier alpha value is -3.51. The minimum absolute atomic E-state index is 0.126. The van der Waals surface area contributed by atoms with Gasteiger partial charge in [-0.3, -0.25) is 9.78 Å². The molecule has 0 fully saturated rings. The summed E-state index contributed by atoms with van der Waals surface area (Å²) in [7, 11) is -4.24. The predicted octanol–water partition coefficient (Wildman–Crippen LogP) is 5.14. The molecule has 0 radical (unpaired) electrons. The summed E-state index contributed by atoms with van der Waals surface area (Å²) in [5.41, 5.74) is 0.605. The second kappa shape index (κ2) is 9.62. The Balaban J connectivity index is 1.45. The van der Waals surface area contributed by atoms with Crippen LogP contribution in [0.3, 0.4) is 0 Å². The van der Waals surface area contributed by atoms with Gasteiger partial charge in [0.05, 0.1) is 19.4 Å². The van der Waals surface area contributed by atoms with Gasteiger partial charge in [-0.15, -0.1) is 11.3 Å². The van der Waals surface area contributed by atoms with Crippen molar-refractivity contribution in [3.05, 3.63) is 83.2 Å². The number of nitrogens with zero attached hydrogens (tertiary/aromatic N) is 1. The van der Waals surface area contributed by atoms with Gasteiger partial charge in [-0.05, 0) is 47.3 Å². The van der Waals surface area contributed by atoms with Gasteiger partial charge in [0.2, 0.25) is 9.84 Å². The summed E-state index contributed by atoms with van der Waals surface area (Å²) in [5.74, 6) is -1.91. The minimum Gasteiger partial charge on any atom is -0.484 e. The number of ether oxygens (including phenoxy) is 1. The van der Waals surface area contributed by atoms with E-state index in [4.69, 9.17) is 0 Å². The lowest BCUT2D eigenvalue weighted by Crippen LogP contribution is -2.21. The Morgan fingerprint density at radius 3 is 2.46 bits per heavy atom. The average molecular weight is 525 g/mol. The topological polar surface area (TPSA) is 85.4 Å². The van der Waals surface area contributed by atoms with Crippen LogP contribution in [0.25, 0.3) is 10.1 Å². The molecule has 0 aliphatic heterocycles. The van der Waals surface area contributed by atoms with Gasteiger partial charge in [-0.1, -0.05) is 12.1 Å². The maximum atomic E-state index is 13.9. The van der Waals surface area contributed by atoms with Gasteiger partial charge in [-0.2, -0.15) is 13.2 Å². The van der Waals surface area contributed by atoms with Gasteiger partial charge in [0.25, 0.3) is 5.91 Å². The fourth-order valence-electron chi connectivity index (χ4n) is 3.13. The van der Waals surface area contributed by atoms with Gasteiger partial charge >= 0.3 is 6.18 Å². The Morgan fingerprint density at radius 2 is 1.77 bits per heavy atom. The van der Waals surface area contributed by atoms with Crippen molar-refractivity contribution in [2.75, 3.05) is 6.61 Å². The molecule has 4 rings (SSSR count). The fraction of sp³-hybridized carbons (Fsp3) is 0.130. The number of fused-ring (bicyclic) bond motifs is 1. The van der Waals surface area contributed by atoms with Crippen LogP contribution in [0.4, 0.5) is 17.6 Å². The van der Waals surface area contributed by atoms with Crippen molar-refractivity contribution < 1.29 is 35.5 Å². The van der Waals surface area contributed by atoms with Gasteiger partial charge in [0.1, 0.15) is 11.6 Å². The summed E-state index contributed by atoms with van der Waals surface area (Å²) in [5, 5.41) is 3.65. The number of halogens is 4. The number of carbonyl (C=O) groups excluding carboxylic acids is 1. The molecule has 0 saturated carbocycles. The third-order valence-electron chi connectivity index (χ3n) is 4.79. The van der Waals surface area contributed by atoms with Gasteiger partial charge in [0.15, 0.2) is 6.61 Å². The summed E-state index contributed by atoms with van der Waals surface area (Å²) < 4.78 is 82.1. The molecule has 0 unspecified atom stereocenters.